The summed E-state index contributed by atoms with van der Waals surface area (Å²) in [4.78, 5) is 19.9. The Labute approximate surface area is 146 Å². The van der Waals surface area contributed by atoms with Gasteiger partial charge in [-0.3, -0.25) is 4.79 Å². The zero-order valence-corrected chi connectivity index (χ0v) is 14.2. The Morgan fingerprint density at radius 2 is 1.76 bits per heavy atom. The first kappa shape index (κ1) is 16.0. The molecule has 0 unspecified atom stereocenters. The molecule has 0 spiro atoms. The third kappa shape index (κ3) is 3.49. The van der Waals surface area contributed by atoms with Crippen molar-refractivity contribution in [3.05, 3.63) is 64.4 Å². The van der Waals surface area contributed by atoms with Crippen molar-refractivity contribution in [2.24, 2.45) is 0 Å². The summed E-state index contributed by atoms with van der Waals surface area (Å²) in [6.07, 6.45) is 6.47. The van der Waals surface area contributed by atoms with Crippen LogP contribution in [0.1, 0.15) is 37.7 Å². The average molecular weight is 334 g/mol. The molecule has 1 aliphatic carbocycles. The smallest absolute Gasteiger partial charge is 0.259 e. The fourth-order valence-corrected chi connectivity index (χ4v) is 3.53. The highest BCUT2D eigenvalue weighted by Crippen LogP contribution is 2.25. The van der Waals surface area contributed by atoms with Crippen molar-refractivity contribution >= 4 is 10.9 Å². The molecule has 25 heavy (non-hydrogen) atoms. The molecule has 4 nitrogen and oxygen atoms in total. The van der Waals surface area contributed by atoms with E-state index in [1.165, 1.54) is 19.3 Å². The van der Waals surface area contributed by atoms with Crippen molar-refractivity contribution in [3.63, 3.8) is 0 Å². The maximum atomic E-state index is 12.4. The van der Waals surface area contributed by atoms with Gasteiger partial charge >= 0.3 is 0 Å². The van der Waals surface area contributed by atoms with Crippen molar-refractivity contribution < 1.29 is 4.74 Å². The van der Waals surface area contributed by atoms with E-state index in [2.05, 4.69) is 9.97 Å². The maximum absolute atomic E-state index is 12.4. The molecule has 0 aliphatic heterocycles. The molecular weight excluding hydrogens is 312 g/mol. The van der Waals surface area contributed by atoms with Gasteiger partial charge in [0, 0.05) is 5.56 Å². The van der Waals surface area contributed by atoms with E-state index in [1.807, 2.05) is 42.5 Å². The predicted molar refractivity (Wildman–Crippen MR) is 99.5 cm³/mol. The minimum atomic E-state index is -0.108. The molecule has 1 heterocycles. The van der Waals surface area contributed by atoms with Gasteiger partial charge in [-0.25, -0.2) is 4.98 Å². The molecule has 0 bridgehead atoms. The fraction of sp³-hybridized carbons (Fsp3) is 0.333. The van der Waals surface area contributed by atoms with Crippen LogP contribution in [0.2, 0.25) is 0 Å². The highest BCUT2D eigenvalue weighted by Gasteiger charge is 2.15. The average Bonchev–Trinajstić information content (AvgIpc) is 2.67. The van der Waals surface area contributed by atoms with Crippen molar-refractivity contribution in [3.8, 4) is 11.4 Å². The summed E-state index contributed by atoms with van der Waals surface area (Å²) in [7, 11) is 0. The first-order valence-corrected chi connectivity index (χ1v) is 9.00. The summed E-state index contributed by atoms with van der Waals surface area (Å²) >= 11 is 0. The lowest BCUT2D eigenvalue weighted by molar-refractivity contribution is 0.0170. The molecule has 1 aliphatic rings. The van der Waals surface area contributed by atoms with Crippen molar-refractivity contribution in [1.82, 2.24) is 9.97 Å². The SMILES string of the molecule is O=c1[nH]c(-c2ccccc2COC2CCCCC2)nc2ccccc12. The van der Waals surface area contributed by atoms with Crippen LogP contribution in [0.15, 0.2) is 53.3 Å². The van der Waals surface area contributed by atoms with Crippen LogP contribution in [0.4, 0.5) is 0 Å². The van der Waals surface area contributed by atoms with Crippen LogP contribution in [0, 0.1) is 0 Å². The molecule has 4 heteroatoms. The molecule has 3 aromatic rings. The van der Waals surface area contributed by atoms with Gasteiger partial charge in [-0.05, 0) is 30.5 Å². The van der Waals surface area contributed by atoms with Gasteiger partial charge in [0.05, 0.1) is 23.6 Å². The molecule has 1 fully saturated rings. The van der Waals surface area contributed by atoms with Crippen LogP contribution in [-0.2, 0) is 11.3 Å². The Hall–Kier alpha value is -2.46. The zero-order chi connectivity index (χ0) is 17.1. The molecule has 128 valence electrons. The summed E-state index contributed by atoms with van der Waals surface area (Å²) in [6.45, 7) is 0.553. The maximum Gasteiger partial charge on any atom is 0.259 e. The molecule has 0 saturated heterocycles. The van der Waals surface area contributed by atoms with Crippen LogP contribution < -0.4 is 5.56 Å². The number of nitrogens with one attached hydrogen (secondary N) is 1. The summed E-state index contributed by atoms with van der Waals surface area (Å²) in [5.74, 6) is 0.603. The lowest BCUT2D eigenvalue weighted by Crippen LogP contribution is -2.16. The number of rotatable bonds is 4. The third-order valence-corrected chi connectivity index (χ3v) is 4.91. The van der Waals surface area contributed by atoms with Gasteiger partial charge in [-0.15, -0.1) is 0 Å². The van der Waals surface area contributed by atoms with E-state index >= 15 is 0 Å². The molecule has 1 N–H and O–H groups in total. The van der Waals surface area contributed by atoms with Crippen LogP contribution in [0.25, 0.3) is 22.3 Å². The molecule has 0 radical (unpaired) electrons. The standard InChI is InChI=1S/C21H22N2O2/c24-21-18-12-6-7-13-19(18)22-20(23-21)17-11-5-4-8-15(17)14-25-16-9-2-1-3-10-16/h4-8,11-13,16H,1-3,9-10,14H2,(H,22,23,24). The van der Waals surface area contributed by atoms with Gasteiger partial charge in [-0.2, -0.15) is 0 Å². The lowest BCUT2D eigenvalue weighted by atomic mass is 9.97. The number of hydrogen-bond donors (Lipinski definition) is 1. The number of nitrogens with zero attached hydrogens (tertiary/aromatic N) is 1. The monoisotopic (exact) mass is 334 g/mol. The van der Waals surface area contributed by atoms with E-state index in [-0.39, 0.29) is 5.56 Å². The fourth-order valence-electron chi connectivity index (χ4n) is 3.53. The Morgan fingerprint density at radius 3 is 2.64 bits per heavy atom. The van der Waals surface area contributed by atoms with E-state index in [1.54, 1.807) is 6.07 Å². The van der Waals surface area contributed by atoms with E-state index in [0.717, 1.165) is 24.0 Å². The normalized spacial score (nSPS) is 15.5. The number of aromatic nitrogens is 2. The summed E-state index contributed by atoms with van der Waals surface area (Å²) < 4.78 is 6.13. The van der Waals surface area contributed by atoms with E-state index in [4.69, 9.17) is 4.74 Å². The van der Waals surface area contributed by atoms with Gasteiger partial charge in [0.25, 0.3) is 5.56 Å². The minimum absolute atomic E-state index is 0.108. The molecular formula is C21H22N2O2. The number of para-hydroxylation sites is 1. The highest BCUT2D eigenvalue weighted by atomic mass is 16.5. The molecule has 0 atom stereocenters. The second kappa shape index (κ2) is 7.19. The van der Waals surface area contributed by atoms with Crippen molar-refractivity contribution in [2.45, 2.75) is 44.8 Å². The minimum Gasteiger partial charge on any atom is -0.374 e. The number of aromatic amines is 1. The molecule has 1 saturated carbocycles. The largest absolute Gasteiger partial charge is 0.374 e. The van der Waals surface area contributed by atoms with Gasteiger partial charge in [0.2, 0.25) is 0 Å². The topological polar surface area (TPSA) is 55.0 Å². The van der Waals surface area contributed by atoms with Gasteiger partial charge in [0.15, 0.2) is 0 Å². The van der Waals surface area contributed by atoms with Crippen LogP contribution in [0.3, 0.4) is 0 Å². The Balaban J connectivity index is 1.65. The van der Waals surface area contributed by atoms with Gasteiger partial charge in [-0.1, -0.05) is 55.7 Å². The van der Waals surface area contributed by atoms with Crippen LogP contribution >= 0.6 is 0 Å². The third-order valence-electron chi connectivity index (χ3n) is 4.91. The molecule has 2 aromatic carbocycles. The second-order valence-corrected chi connectivity index (χ2v) is 6.66. The Kier molecular flexibility index (Phi) is 4.61. The number of fused-ring (bicyclic) bond motifs is 1. The highest BCUT2D eigenvalue weighted by molar-refractivity contribution is 5.79. The predicted octanol–water partition coefficient (Wildman–Crippen LogP) is 4.44. The molecule has 4 rings (SSSR count). The Bertz CT molecular complexity index is 926. The van der Waals surface area contributed by atoms with Gasteiger partial charge < -0.3 is 9.72 Å². The van der Waals surface area contributed by atoms with E-state index < -0.39 is 0 Å². The van der Waals surface area contributed by atoms with Gasteiger partial charge in [0.1, 0.15) is 5.82 Å². The van der Waals surface area contributed by atoms with E-state index in [9.17, 15) is 4.79 Å². The van der Waals surface area contributed by atoms with Crippen LogP contribution in [-0.4, -0.2) is 16.1 Å². The first-order valence-electron chi connectivity index (χ1n) is 9.00. The Morgan fingerprint density at radius 1 is 1.00 bits per heavy atom. The summed E-state index contributed by atoms with van der Waals surface area (Å²) in [5.41, 5.74) is 2.60. The number of H-pyrrole nitrogens is 1. The number of benzene rings is 2. The zero-order valence-electron chi connectivity index (χ0n) is 14.2. The van der Waals surface area contributed by atoms with Crippen molar-refractivity contribution in [2.75, 3.05) is 0 Å². The number of ether oxygens (including phenoxy) is 1. The lowest BCUT2D eigenvalue weighted by Gasteiger charge is -2.22. The molecule has 0 amide bonds. The summed E-state index contributed by atoms with van der Waals surface area (Å²) in [6, 6.07) is 15.4. The molecule has 1 aromatic heterocycles. The van der Waals surface area contributed by atoms with Crippen LogP contribution in [0.5, 0.6) is 0 Å². The number of hydrogen-bond acceptors (Lipinski definition) is 3. The quantitative estimate of drug-likeness (QED) is 0.767. The van der Waals surface area contributed by atoms with E-state index in [0.29, 0.717) is 29.4 Å². The second-order valence-electron chi connectivity index (χ2n) is 6.66. The first-order chi connectivity index (χ1) is 12.3. The summed E-state index contributed by atoms with van der Waals surface area (Å²) in [5, 5.41) is 0.613. The van der Waals surface area contributed by atoms with Crippen molar-refractivity contribution in [1.29, 1.82) is 0 Å².